The minimum absolute atomic E-state index is 0.678. The van der Waals surface area contributed by atoms with E-state index in [0.717, 1.165) is 17.9 Å². The third-order valence-electron chi connectivity index (χ3n) is 6.31. The molecule has 0 radical (unpaired) electrons. The highest BCUT2D eigenvalue weighted by Gasteiger charge is 2.31. The fourth-order valence-corrected chi connectivity index (χ4v) is 4.41. The Morgan fingerprint density at radius 1 is 0.667 bits per heavy atom. The Morgan fingerprint density at radius 2 is 1.24 bits per heavy atom. The molecule has 0 aromatic rings. The van der Waals surface area contributed by atoms with Crippen LogP contribution in [-0.4, -0.2) is 35.7 Å². The van der Waals surface area contributed by atoms with Gasteiger partial charge in [-0.3, -0.25) is 0 Å². The van der Waals surface area contributed by atoms with Crippen molar-refractivity contribution in [3.63, 3.8) is 0 Å². The van der Waals surface area contributed by atoms with Crippen molar-refractivity contribution in [2.45, 2.75) is 97.1 Å². The lowest BCUT2D eigenvalue weighted by atomic mass is 9.90. The number of fused-ring (bicyclic) bond motifs is 1. The Hall–Kier alpha value is -0.0800. The fraction of sp³-hybridized carbons (Fsp3) is 1.00. The van der Waals surface area contributed by atoms with Gasteiger partial charge in [-0.2, -0.15) is 0 Å². The van der Waals surface area contributed by atoms with Crippen LogP contribution in [0.4, 0.5) is 0 Å². The number of rotatable bonds is 0. The topological polar surface area (TPSA) is 6.48 Å². The molecule has 0 aromatic heterocycles. The lowest BCUT2D eigenvalue weighted by molar-refractivity contribution is -0.0937. The van der Waals surface area contributed by atoms with Gasteiger partial charge in [0.2, 0.25) is 0 Å². The Bertz CT molecular complexity index is 291. The van der Waals surface area contributed by atoms with Gasteiger partial charge in [-0.05, 0) is 44.4 Å². The first-order valence-electron chi connectivity index (χ1n) is 9.60. The van der Waals surface area contributed by atoms with E-state index in [1.807, 2.05) is 0 Å². The zero-order valence-corrected chi connectivity index (χ0v) is 15.0. The largest absolute Gasteiger partial charge is 0.242 e. The Kier molecular flexibility index (Phi) is 7.01. The van der Waals surface area contributed by atoms with Crippen LogP contribution in [0.2, 0.25) is 0 Å². The summed E-state index contributed by atoms with van der Waals surface area (Å²) in [6.45, 7) is 8.70. The predicted molar refractivity (Wildman–Crippen MR) is 92.2 cm³/mol. The van der Waals surface area contributed by atoms with Gasteiger partial charge >= 0.3 is 0 Å². The molecule has 2 heterocycles. The highest BCUT2D eigenvalue weighted by atomic mass is 15.6. The number of nitrogens with zero attached hydrogens (tertiary/aromatic N) is 2. The smallest absolute Gasteiger partial charge is 0.0271 e. The summed E-state index contributed by atoms with van der Waals surface area (Å²) in [6, 6.07) is 1.46. The molecule has 2 saturated heterocycles. The molecule has 2 rings (SSSR count). The molecule has 0 amide bonds. The maximum atomic E-state index is 2.76. The highest BCUT2D eigenvalue weighted by Crippen LogP contribution is 2.30. The van der Waals surface area contributed by atoms with Crippen molar-refractivity contribution in [1.82, 2.24) is 10.0 Å². The van der Waals surface area contributed by atoms with Gasteiger partial charge in [-0.15, -0.1) is 0 Å². The molecule has 0 saturated carbocycles. The molecular weight excluding hydrogens is 256 g/mol. The van der Waals surface area contributed by atoms with Crippen molar-refractivity contribution in [1.29, 1.82) is 0 Å². The van der Waals surface area contributed by atoms with Gasteiger partial charge in [0.1, 0.15) is 0 Å². The monoisotopic (exact) mass is 294 g/mol. The number of hydrazine groups is 1. The van der Waals surface area contributed by atoms with E-state index in [4.69, 9.17) is 0 Å². The molecule has 4 atom stereocenters. The SMILES string of the molecule is CC1CCCCCCC(C)C2CCCCCN2N(C)C1C. The second-order valence-corrected chi connectivity index (χ2v) is 7.84. The lowest BCUT2D eigenvalue weighted by Gasteiger charge is -2.45. The minimum Gasteiger partial charge on any atom is -0.242 e. The Balaban J connectivity index is 2.14. The molecule has 2 heteroatoms. The number of hydrogen-bond acceptors (Lipinski definition) is 2. The van der Waals surface area contributed by atoms with Crippen molar-refractivity contribution < 1.29 is 0 Å². The first-order valence-corrected chi connectivity index (χ1v) is 9.60. The Morgan fingerprint density at radius 3 is 1.95 bits per heavy atom. The maximum Gasteiger partial charge on any atom is 0.0271 e. The van der Waals surface area contributed by atoms with E-state index in [-0.39, 0.29) is 0 Å². The molecule has 4 unspecified atom stereocenters. The molecule has 0 spiro atoms. The molecule has 21 heavy (non-hydrogen) atoms. The van der Waals surface area contributed by atoms with Crippen molar-refractivity contribution in [3.8, 4) is 0 Å². The van der Waals surface area contributed by atoms with E-state index >= 15 is 0 Å². The van der Waals surface area contributed by atoms with Crippen molar-refractivity contribution >= 4 is 0 Å². The molecular formula is C19H38N2. The van der Waals surface area contributed by atoms with Gasteiger partial charge in [-0.25, -0.2) is 10.0 Å². The summed E-state index contributed by atoms with van der Waals surface area (Å²) in [7, 11) is 2.36. The van der Waals surface area contributed by atoms with Gasteiger partial charge in [0.15, 0.2) is 0 Å². The minimum atomic E-state index is 0.678. The molecule has 2 fully saturated rings. The van der Waals surface area contributed by atoms with E-state index < -0.39 is 0 Å². The third kappa shape index (κ3) is 4.69. The van der Waals surface area contributed by atoms with Gasteiger partial charge < -0.3 is 0 Å². The van der Waals surface area contributed by atoms with Crippen LogP contribution in [-0.2, 0) is 0 Å². The van der Waals surface area contributed by atoms with E-state index in [0.29, 0.717) is 6.04 Å². The second-order valence-electron chi connectivity index (χ2n) is 7.84. The Labute approximate surface area is 133 Å². The first kappa shape index (κ1) is 17.3. The van der Waals surface area contributed by atoms with Crippen LogP contribution < -0.4 is 0 Å². The molecule has 2 aliphatic heterocycles. The molecule has 0 bridgehead atoms. The van der Waals surface area contributed by atoms with Crippen LogP contribution in [0.25, 0.3) is 0 Å². The van der Waals surface area contributed by atoms with Crippen LogP contribution >= 0.6 is 0 Å². The van der Waals surface area contributed by atoms with E-state index in [9.17, 15) is 0 Å². The summed E-state index contributed by atoms with van der Waals surface area (Å²) >= 11 is 0. The second kappa shape index (κ2) is 8.53. The fourth-order valence-electron chi connectivity index (χ4n) is 4.41. The highest BCUT2D eigenvalue weighted by molar-refractivity contribution is 4.81. The van der Waals surface area contributed by atoms with Gasteiger partial charge in [0.05, 0.1) is 0 Å². The van der Waals surface area contributed by atoms with E-state index in [1.54, 1.807) is 0 Å². The van der Waals surface area contributed by atoms with Crippen LogP contribution in [0.1, 0.15) is 85.0 Å². The summed E-state index contributed by atoms with van der Waals surface area (Å²) in [5, 5.41) is 5.39. The van der Waals surface area contributed by atoms with Crippen LogP contribution in [0.5, 0.6) is 0 Å². The molecule has 0 N–H and O–H groups in total. The average Bonchev–Trinajstić information content (AvgIpc) is 2.73. The standard InChI is InChI=1S/C19H38N2/c1-16-12-8-5-6-9-13-17(2)19-14-10-7-11-15-21(19)20(4)18(16)3/h16-19H,5-15H2,1-4H3. The summed E-state index contributed by atoms with van der Waals surface area (Å²) in [5.74, 6) is 1.67. The summed E-state index contributed by atoms with van der Waals surface area (Å²) < 4.78 is 0. The third-order valence-corrected chi connectivity index (χ3v) is 6.31. The lowest BCUT2D eigenvalue weighted by Crippen LogP contribution is -2.53. The average molecular weight is 295 g/mol. The van der Waals surface area contributed by atoms with E-state index in [1.165, 1.54) is 70.8 Å². The summed E-state index contributed by atoms with van der Waals surface area (Å²) in [5.41, 5.74) is 0. The first-order chi connectivity index (χ1) is 10.1. The predicted octanol–water partition coefficient (Wildman–Crippen LogP) is 5.09. The van der Waals surface area contributed by atoms with Crippen molar-refractivity contribution in [3.05, 3.63) is 0 Å². The van der Waals surface area contributed by atoms with Crippen LogP contribution in [0.3, 0.4) is 0 Å². The zero-order chi connectivity index (χ0) is 15.2. The molecule has 124 valence electrons. The molecule has 0 aromatic carbocycles. The van der Waals surface area contributed by atoms with E-state index in [2.05, 4.69) is 37.8 Å². The summed E-state index contributed by atoms with van der Waals surface area (Å²) in [4.78, 5) is 0. The number of hydrogen-bond donors (Lipinski definition) is 0. The zero-order valence-electron chi connectivity index (χ0n) is 15.0. The van der Waals surface area contributed by atoms with Crippen LogP contribution in [0.15, 0.2) is 0 Å². The summed E-state index contributed by atoms with van der Waals surface area (Å²) in [6.07, 6.45) is 14.3. The maximum absolute atomic E-state index is 2.76. The van der Waals surface area contributed by atoms with Gasteiger partial charge in [0, 0.05) is 25.7 Å². The molecule has 2 nitrogen and oxygen atoms in total. The van der Waals surface area contributed by atoms with Gasteiger partial charge in [-0.1, -0.05) is 52.4 Å². The molecule has 0 aliphatic carbocycles. The normalized spacial score (nSPS) is 38.9. The molecule has 2 aliphatic rings. The quantitative estimate of drug-likeness (QED) is 0.614. The van der Waals surface area contributed by atoms with Crippen molar-refractivity contribution in [2.75, 3.05) is 13.6 Å². The van der Waals surface area contributed by atoms with Crippen LogP contribution in [0, 0.1) is 11.8 Å². The van der Waals surface area contributed by atoms with Crippen molar-refractivity contribution in [2.24, 2.45) is 11.8 Å². The van der Waals surface area contributed by atoms with Gasteiger partial charge in [0.25, 0.3) is 0 Å².